The summed E-state index contributed by atoms with van der Waals surface area (Å²) < 4.78 is 24.4. The third-order valence-corrected chi connectivity index (χ3v) is 3.74. The molecule has 0 unspecified atom stereocenters. The van der Waals surface area contributed by atoms with Crippen LogP contribution in [0.15, 0.2) is 48.5 Å². The van der Waals surface area contributed by atoms with Crippen LogP contribution in [0.5, 0.6) is 11.5 Å². The maximum atomic E-state index is 12.9. The molecule has 1 aliphatic heterocycles. The number of benzene rings is 2. The van der Waals surface area contributed by atoms with Gasteiger partial charge in [-0.3, -0.25) is 4.79 Å². The fraction of sp³-hybridized carbons (Fsp3) is 0.278. The van der Waals surface area contributed by atoms with E-state index >= 15 is 0 Å². The Morgan fingerprint density at radius 2 is 1.87 bits per heavy atom. The van der Waals surface area contributed by atoms with E-state index in [9.17, 15) is 9.18 Å². The van der Waals surface area contributed by atoms with Gasteiger partial charge in [0.25, 0.3) is 0 Å². The summed E-state index contributed by atoms with van der Waals surface area (Å²) in [6, 6.07) is 13.4. The van der Waals surface area contributed by atoms with E-state index in [0.29, 0.717) is 18.9 Å². The number of halogens is 1. The molecule has 0 fully saturated rings. The molecule has 2 aromatic rings. The van der Waals surface area contributed by atoms with Crippen LogP contribution in [-0.2, 0) is 11.2 Å². The highest BCUT2D eigenvalue weighted by Gasteiger charge is 2.23. The molecule has 4 nitrogen and oxygen atoms in total. The first-order chi connectivity index (χ1) is 11.1. The summed E-state index contributed by atoms with van der Waals surface area (Å²) in [4.78, 5) is 13.9. The van der Waals surface area contributed by atoms with E-state index in [0.717, 1.165) is 11.3 Å². The average molecular weight is 315 g/mol. The highest BCUT2D eigenvalue weighted by atomic mass is 19.1. The number of para-hydroxylation sites is 2. The summed E-state index contributed by atoms with van der Waals surface area (Å²) in [6.07, 6.45) is 0.0353. The normalized spacial score (nSPS) is 16.0. The fourth-order valence-electron chi connectivity index (χ4n) is 2.47. The Morgan fingerprint density at radius 1 is 1.17 bits per heavy atom. The zero-order valence-corrected chi connectivity index (χ0v) is 12.9. The summed E-state index contributed by atoms with van der Waals surface area (Å²) >= 11 is 0. The Morgan fingerprint density at radius 3 is 2.61 bits per heavy atom. The molecule has 3 rings (SSSR count). The van der Waals surface area contributed by atoms with Gasteiger partial charge in [-0.05, 0) is 29.8 Å². The van der Waals surface area contributed by atoms with Crippen molar-refractivity contribution in [3.8, 4) is 11.5 Å². The van der Waals surface area contributed by atoms with E-state index in [4.69, 9.17) is 9.47 Å². The summed E-state index contributed by atoms with van der Waals surface area (Å²) in [5.41, 5.74) is 0.786. The maximum Gasteiger partial charge on any atom is 0.226 e. The molecule has 1 heterocycles. The Hall–Kier alpha value is -2.56. The second kappa shape index (κ2) is 6.69. The van der Waals surface area contributed by atoms with E-state index < -0.39 is 0 Å². The van der Waals surface area contributed by atoms with Crippen LogP contribution in [-0.4, -0.2) is 37.1 Å². The topological polar surface area (TPSA) is 38.8 Å². The smallest absolute Gasteiger partial charge is 0.226 e. The average Bonchev–Trinajstić information content (AvgIpc) is 2.56. The van der Waals surface area contributed by atoms with Gasteiger partial charge in [0.1, 0.15) is 12.4 Å². The molecule has 1 atom stereocenters. The molecular weight excluding hydrogens is 297 g/mol. The van der Waals surface area contributed by atoms with Gasteiger partial charge in [0.05, 0.1) is 13.0 Å². The molecule has 0 bridgehead atoms. The summed E-state index contributed by atoms with van der Waals surface area (Å²) in [5, 5.41) is 0. The quantitative estimate of drug-likeness (QED) is 0.871. The van der Waals surface area contributed by atoms with E-state index in [1.807, 2.05) is 24.3 Å². The monoisotopic (exact) mass is 315 g/mol. The SMILES string of the molecule is CN(C[C@H]1COc2ccccc2O1)C(=O)Cc1ccc(F)cc1. The number of hydrogen-bond donors (Lipinski definition) is 0. The van der Waals surface area contributed by atoms with Crippen molar-refractivity contribution in [1.82, 2.24) is 4.90 Å². The molecule has 23 heavy (non-hydrogen) atoms. The second-order valence-corrected chi connectivity index (χ2v) is 5.58. The van der Waals surface area contributed by atoms with Crippen molar-refractivity contribution < 1.29 is 18.7 Å². The second-order valence-electron chi connectivity index (χ2n) is 5.58. The molecular formula is C18H18FNO3. The van der Waals surface area contributed by atoms with Crippen LogP contribution in [0.3, 0.4) is 0 Å². The van der Waals surface area contributed by atoms with Crippen molar-refractivity contribution in [1.29, 1.82) is 0 Å². The van der Waals surface area contributed by atoms with Crippen molar-refractivity contribution in [3.05, 3.63) is 59.9 Å². The molecule has 0 spiro atoms. The molecule has 0 aliphatic carbocycles. The first kappa shape index (κ1) is 15.3. The highest BCUT2D eigenvalue weighted by molar-refractivity contribution is 5.78. The third kappa shape index (κ3) is 3.80. The van der Waals surface area contributed by atoms with E-state index in [1.165, 1.54) is 12.1 Å². The summed E-state index contributed by atoms with van der Waals surface area (Å²) in [7, 11) is 1.73. The number of hydrogen-bond acceptors (Lipinski definition) is 3. The molecule has 0 saturated carbocycles. The number of carbonyl (C=O) groups is 1. The molecule has 0 N–H and O–H groups in total. The Labute approximate surface area is 134 Å². The van der Waals surface area contributed by atoms with Gasteiger partial charge in [0.15, 0.2) is 17.6 Å². The fourth-order valence-corrected chi connectivity index (χ4v) is 2.47. The standard InChI is InChI=1S/C18H18FNO3/c1-20(18(21)10-13-6-8-14(19)9-7-13)11-15-12-22-16-4-2-3-5-17(16)23-15/h2-9,15H,10-12H2,1H3/t15-/m0/s1. The van der Waals surface area contributed by atoms with Crippen LogP contribution < -0.4 is 9.47 Å². The van der Waals surface area contributed by atoms with Gasteiger partial charge in [0, 0.05) is 7.05 Å². The molecule has 2 aromatic carbocycles. The number of nitrogens with zero attached hydrogens (tertiary/aromatic N) is 1. The van der Waals surface area contributed by atoms with E-state index in [1.54, 1.807) is 24.1 Å². The Kier molecular flexibility index (Phi) is 4.46. The minimum Gasteiger partial charge on any atom is -0.486 e. The lowest BCUT2D eigenvalue weighted by Gasteiger charge is -2.29. The van der Waals surface area contributed by atoms with Crippen LogP contribution in [0.4, 0.5) is 4.39 Å². The number of likely N-dealkylation sites (N-methyl/N-ethyl adjacent to an activating group) is 1. The van der Waals surface area contributed by atoms with E-state index in [2.05, 4.69) is 0 Å². The predicted octanol–water partition coefficient (Wildman–Crippen LogP) is 2.67. The number of fused-ring (bicyclic) bond motifs is 1. The van der Waals surface area contributed by atoms with Gasteiger partial charge in [-0.15, -0.1) is 0 Å². The van der Waals surface area contributed by atoms with Gasteiger partial charge in [-0.25, -0.2) is 4.39 Å². The van der Waals surface area contributed by atoms with Crippen molar-refractivity contribution >= 4 is 5.91 Å². The minimum absolute atomic E-state index is 0.0425. The Bertz CT molecular complexity index is 687. The van der Waals surface area contributed by atoms with Crippen molar-refractivity contribution in [3.63, 3.8) is 0 Å². The number of amides is 1. The predicted molar refractivity (Wildman–Crippen MR) is 84.1 cm³/mol. The summed E-state index contributed by atoms with van der Waals surface area (Å²) in [5.74, 6) is 1.08. The largest absolute Gasteiger partial charge is 0.486 e. The van der Waals surface area contributed by atoms with Crippen LogP contribution >= 0.6 is 0 Å². The molecule has 1 amide bonds. The molecule has 1 aliphatic rings. The first-order valence-corrected chi connectivity index (χ1v) is 7.49. The summed E-state index contributed by atoms with van der Waals surface area (Å²) in [6.45, 7) is 0.847. The van der Waals surface area contributed by atoms with Crippen molar-refractivity contribution in [2.75, 3.05) is 20.2 Å². The highest BCUT2D eigenvalue weighted by Crippen LogP contribution is 2.30. The number of ether oxygens (including phenoxy) is 2. The third-order valence-electron chi connectivity index (χ3n) is 3.74. The lowest BCUT2D eigenvalue weighted by Crippen LogP contribution is -2.42. The zero-order chi connectivity index (χ0) is 16.2. The Balaban J connectivity index is 1.56. The van der Waals surface area contributed by atoms with Gasteiger partial charge < -0.3 is 14.4 Å². The van der Waals surface area contributed by atoms with Crippen molar-refractivity contribution in [2.24, 2.45) is 0 Å². The number of rotatable bonds is 4. The zero-order valence-electron chi connectivity index (χ0n) is 12.9. The van der Waals surface area contributed by atoms with Crippen molar-refractivity contribution in [2.45, 2.75) is 12.5 Å². The van der Waals surface area contributed by atoms with Crippen LogP contribution in [0.2, 0.25) is 0 Å². The van der Waals surface area contributed by atoms with Gasteiger partial charge in [-0.1, -0.05) is 24.3 Å². The number of carbonyl (C=O) groups excluding carboxylic acids is 1. The van der Waals surface area contributed by atoms with Gasteiger partial charge >= 0.3 is 0 Å². The van der Waals surface area contributed by atoms with E-state index in [-0.39, 0.29) is 24.2 Å². The molecule has 120 valence electrons. The molecule has 5 heteroatoms. The first-order valence-electron chi connectivity index (χ1n) is 7.49. The molecule has 0 saturated heterocycles. The maximum absolute atomic E-state index is 12.9. The van der Waals surface area contributed by atoms with Crippen LogP contribution in [0, 0.1) is 5.82 Å². The van der Waals surface area contributed by atoms with Crippen LogP contribution in [0.25, 0.3) is 0 Å². The molecule has 0 radical (unpaired) electrons. The molecule has 0 aromatic heterocycles. The van der Waals surface area contributed by atoms with Gasteiger partial charge in [-0.2, -0.15) is 0 Å². The van der Waals surface area contributed by atoms with Gasteiger partial charge in [0.2, 0.25) is 5.91 Å². The minimum atomic E-state index is -0.305. The lowest BCUT2D eigenvalue weighted by atomic mass is 10.1. The van der Waals surface area contributed by atoms with Crippen LogP contribution in [0.1, 0.15) is 5.56 Å². The lowest BCUT2D eigenvalue weighted by molar-refractivity contribution is -0.130.